The van der Waals surface area contributed by atoms with Crippen LogP contribution in [0.3, 0.4) is 0 Å². The molecule has 0 radical (unpaired) electrons. The Morgan fingerprint density at radius 3 is 2.56 bits per heavy atom. The van der Waals surface area contributed by atoms with Crippen molar-refractivity contribution in [1.29, 1.82) is 0 Å². The number of hydrogen-bond acceptors (Lipinski definition) is 1. The van der Waals surface area contributed by atoms with E-state index in [0.29, 0.717) is 6.04 Å². The van der Waals surface area contributed by atoms with E-state index in [9.17, 15) is 4.39 Å². The van der Waals surface area contributed by atoms with Gasteiger partial charge in [0.25, 0.3) is 0 Å². The largest absolute Gasteiger partial charge is 0.307 e. The predicted octanol–water partition coefficient (Wildman–Crippen LogP) is 4.30. The summed E-state index contributed by atoms with van der Waals surface area (Å²) >= 11 is 0. The van der Waals surface area contributed by atoms with E-state index in [0.717, 1.165) is 17.4 Å². The van der Waals surface area contributed by atoms with Gasteiger partial charge in [-0.1, -0.05) is 32.0 Å². The van der Waals surface area contributed by atoms with Gasteiger partial charge in [0.15, 0.2) is 0 Å². The Bertz CT molecular complexity index is 390. The van der Waals surface area contributed by atoms with Gasteiger partial charge < -0.3 is 5.32 Å². The molecule has 1 aromatic carbocycles. The van der Waals surface area contributed by atoms with Gasteiger partial charge in [-0.25, -0.2) is 4.39 Å². The van der Waals surface area contributed by atoms with Crippen LogP contribution in [0.25, 0.3) is 0 Å². The lowest BCUT2D eigenvalue weighted by Gasteiger charge is -2.34. The Kier molecular flexibility index (Phi) is 4.39. The van der Waals surface area contributed by atoms with Gasteiger partial charge in [-0.2, -0.15) is 0 Å². The highest BCUT2D eigenvalue weighted by Gasteiger charge is 2.25. The zero-order chi connectivity index (χ0) is 13.1. The predicted molar refractivity (Wildman–Crippen MR) is 73.9 cm³/mol. The van der Waals surface area contributed by atoms with Crippen molar-refractivity contribution in [2.45, 2.75) is 52.1 Å². The molecule has 1 nitrogen and oxygen atoms in total. The molecule has 4 unspecified atom stereocenters. The molecule has 0 aromatic heterocycles. The Morgan fingerprint density at radius 1 is 1.17 bits per heavy atom. The fraction of sp³-hybridized carbons (Fsp3) is 0.625. The van der Waals surface area contributed by atoms with Crippen molar-refractivity contribution in [2.24, 2.45) is 11.8 Å². The van der Waals surface area contributed by atoms with Crippen LogP contribution in [0.15, 0.2) is 24.3 Å². The van der Waals surface area contributed by atoms with Gasteiger partial charge in [0, 0.05) is 17.6 Å². The average molecular weight is 249 g/mol. The number of hydrogen-bond donors (Lipinski definition) is 1. The third-order valence-electron chi connectivity index (χ3n) is 4.46. The van der Waals surface area contributed by atoms with Gasteiger partial charge in [0.2, 0.25) is 0 Å². The number of nitrogens with one attached hydrogen (secondary N) is 1. The van der Waals surface area contributed by atoms with Crippen LogP contribution in [0.4, 0.5) is 4.39 Å². The third-order valence-corrected chi connectivity index (χ3v) is 4.46. The van der Waals surface area contributed by atoms with Crippen LogP contribution in [-0.4, -0.2) is 6.04 Å². The molecule has 2 rings (SSSR count). The molecule has 1 aliphatic rings. The van der Waals surface area contributed by atoms with E-state index in [1.54, 1.807) is 12.1 Å². The first-order chi connectivity index (χ1) is 8.58. The van der Waals surface area contributed by atoms with Gasteiger partial charge in [-0.15, -0.1) is 0 Å². The van der Waals surface area contributed by atoms with Gasteiger partial charge in [-0.3, -0.25) is 0 Å². The minimum Gasteiger partial charge on any atom is -0.307 e. The average Bonchev–Trinajstić information content (AvgIpc) is 2.34. The topological polar surface area (TPSA) is 12.0 Å². The maximum Gasteiger partial charge on any atom is 0.127 e. The lowest BCUT2D eigenvalue weighted by atomic mass is 9.79. The van der Waals surface area contributed by atoms with Crippen molar-refractivity contribution >= 4 is 0 Å². The summed E-state index contributed by atoms with van der Waals surface area (Å²) in [4.78, 5) is 0. The maximum atomic E-state index is 13.7. The summed E-state index contributed by atoms with van der Waals surface area (Å²) in [6.07, 6.45) is 3.70. The SMILES string of the molecule is CC(NC1CCC(C)C(C)C1)c1ccccc1F. The summed E-state index contributed by atoms with van der Waals surface area (Å²) in [5, 5.41) is 3.59. The lowest BCUT2D eigenvalue weighted by Crippen LogP contribution is -2.37. The quantitative estimate of drug-likeness (QED) is 0.842. The van der Waals surface area contributed by atoms with Crippen LogP contribution in [0.2, 0.25) is 0 Å². The van der Waals surface area contributed by atoms with Gasteiger partial charge in [-0.05, 0) is 44.1 Å². The second kappa shape index (κ2) is 5.83. The molecule has 0 bridgehead atoms. The molecule has 0 saturated heterocycles. The molecular formula is C16H24FN. The van der Waals surface area contributed by atoms with Crippen LogP contribution >= 0.6 is 0 Å². The Balaban J connectivity index is 1.96. The smallest absolute Gasteiger partial charge is 0.127 e. The fourth-order valence-corrected chi connectivity index (χ4v) is 2.97. The van der Waals surface area contributed by atoms with E-state index in [-0.39, 0.29) is 11.9 Å². The van der Waals surface area contributed by atoms with Crippen molar-refractivity contribution in [3.8, 4) is 0 Å². The molecule has 1 N–H and O–H groups in total. The van der Waals surface area contributed by atoms with Gasteiger partial charge >= 0.3 is 0 Å². The van der Waals surface area contributed by atoms with E-state index in [1.807, 2.05) is 12.1 Å². The van der Waals surface area contributed by atoms with Crippen molar-refractivity contribution in [2.75, 3.05) is 0 Å². The van der Waals surface area contributed by atoms with Crippen LogP contribution < -0.4 is 5.32 Å². The molecule has 100 valence electrons. The lowest BCUT2D eigenvalue weighted by molar-refractivity contribution is 0.217. The first-order valence-electron chi connectivity index (χ1n) is 7.08. The Morgan fingerprint density at radius 2 is 1.89 bits per heavy atom. The molecule has 4 atom stereocenters. The monoisotopic (exact) mass is 249 g/mol. The van der Waals surface area contributed by atoms with E-state index in [4.69, 9.17) is 0 Å². The molecule has 1 fully saturated rings. The summed E-state index contributed by atoms with van der Waals surface area (Å²) in [6, 6.07) is 7.70. The first-order valence-corrected chi connectivity index (χ1v) is 7.08. The van der Waals surface area contributed by atoms with E-state index >= 15 is 0 Å². The Labute approximate surface area is 110 Å². The van der Waals surface area contributed by atoms with Gasteiger partial charge in [0.1, 0.15) is 5.82 Å². The second-order valence-corrected chi connectivity index (χ2v) is 5.87. The highest BCUT2D eigenvalue weighted by molar-refractivity contribution is 5.20. The van der Waals surface area contributed by atoms with E-state index in [2.05, 4.69) is 26.1 Å². The van der Waals surface area contributed by atoms with Crippen molar-refractivity contribution in [3.05, 3.63) is 35.6 Å². The molecule has 1 aromatic rings. The minimum absolute atomic E-state index is 0.0943. The highest BCUT2D eigenvalue weighted by Crippen LogP contribution is 2.30. The number of rotatable bonds is 3. The minimum atomic E-state index is -0.102. The van der Waals surface area contributed by atoms with Crippen LogP contribution in [-0.2, 0) is 0 Å². The molecule has 2 heteroatoms. The van der Waals surface area contributed by atoms with Crippen LogP contribution in [0.1, 0.15) is 51.6 Å². The third kappa shape index (κ3) is 3.11. The van der Waals surface area contributed by atoms with Gasteiger partial charge in [0.05, 0.1) is 0 Å². The molecule has 1 saturated carbocycles. The van der Waals surface area contributed by atoms with Crippen molar-refractivity contribution in [3.63, 3.8) is 0 Å². The molecule has 1 aliphatic carbocycles. The standard InChI is InChI=1S/C16H24FN/c1-11-8-9-14(10-12(11)2)18-13(3)15-6-4-5-7-16(15)17/h4-7,11-14,18H,8-10H2,1-3H3. The Hall–Kier alpha value is -0.890. The summed E-state index contributed by atoms with van der Waals surface area (Å²) in [5.74, 6) is 1.49. The zero-order valence-electron chi connectivity index (χ0n) is 11.6. The summed E-state index contributed by atoms with van der Waals surface area (Å²) in [5.41, 5.74) is 0.781. The van der Waals surface area contributed by atoms with Crippen LogP contribution in [0.5, 0.6) is 0 Å². The number of halogens is 1. The summed E-state index contributed by atoms with van der Waals surface area (Å²) in [7, 11) is 0. The molecule has 0 amide bonds. The summed E-state index contributed by atoms with van der Waals surface area (Å²) in [6.45, 7) is 6.72. The number of benzene rings is 1. The van der Waals surface area contributed by atoms with E-state index in [1.165, 1.54) is 19.3 Å². The first kappa shape index (κ1) is 13.5. The second-order valence-electron chi connectivity index (χ2n) is 5.87. The van der Waals surface area contributed by atoms with E-state index < -0.39 is 0 Å². The fourth-order valence-electron chi connectivity index (χ4n) is 2.97. The molecule has 18 heavy (non-hydrogen) atoms. The maximum absolute atomic E-state index is 13.7. The highest BCUT2D eigenvalue weighted by atomic mass is 19.1. The van der Waals surface area contributed by atoms with Crippen molar-refractivity contribution < 1.29 is 4.39 Å². The normalized spacial score (nSPS) is 30.1. The molecular weight excluding hydrogens is 225 g/mol. The zero-order valence-corrected chi connectivity index (χ0v) is 11.6. The molecule has 0 aliphatic heterocycles. The molecule has 0 heterocycles. The summed E-state index contributed by atoms with van der Waals surface area (Å²) < 4.78 is 13.7. The molecule has 0 spiro atoms. The van der Waals surface area contributed by atoms with Crippen LogP contribution in [0, 0.1) is 17.7 Å². The van der Waals surface area contributed by atoms with Crippen molar-refractivity contribution in [1.82, 2.24) is 5.32 Å².